The Labute approximate surface area is 130 Å². The van der Waals surface area contributed by atoms with Crippen molar-refractivity contribution in [3.63, 3.8) is 0 Å². The molecule has 22 heavy (non-hydrogen) atoms. The Bertz CT molecular complexity index is 770. The van der Waals surface area contributed by atoms with Crippen molar-refractivity contribution in [3.05, 3.63) is 47.1 Å². The second kappa shape index (κ2) is 5.81. The van der Waals surface area contributed by atoms with Crippen LogP contribution in [0, 0.1) is 13.8 Å². The predicted molar refractivity (Wildman–Crippen MR) is 81.5 cm³/mol. The van der Waals surface area contributed by atoms with Crippen LogP contribution in [0.3, 0.4) is 0 Å². The highest BCUT2D eigenvalue weighted by Crippen LogP contribution is 2.34. The zero-order valence-corrected chi connectivity index (χ0v) is 13.5. The molecule has 1 aromatic carbocycles. The van der Waals surface area contributed by atoms with Crippen molar-refractivity contribution in [3.8, 4) is 0 Å². The number of hydrogen-bond donors (Lipinski definition) is 0. The molecule has 7 heteroatoms. The second-order valence-electron chi connectivity index (χ2n) is 5.69. The Morgan fingerprint density at radius 2 is 2.18 bits per heavy atom. The molecule has 0 aliphatic carbocycles. The molecule has 1 fully saturated rings. The van der Waals surface area contributed by atoms with E-state index in [4.69, 9.17) is 4.52 Å². The molecule has 1 aromatic heterocycles. The van der Waals surface area contributed by atoms with Gasteiger partial charge in [0.05, 0.1) is 5.75 Å². The summed E-state index contributed by atoms with van der Waals surface area (Å²) in [5.41, 5.74) is 1.85. The van der Waals surface area contributed by atoms with Gasteiger partial charge in [0.15, 0.2) is 5.82 Å². The van der Waals surface area contributed by atoms with Crippen LogP contribution in [0.2, 0.25) is 0 Å². The first-order chi connectivity index (χ1) is 10.5. The Balaban J connectivity index is 1.84. The van der Waals surface area contributed by atoms with Crippen LogP contribution in [0.1, 0.15) is 41.7 Å². The maximum absolute atomic E-state index is 12.7. The highest BCUT2D eigenvalue weighted by molar-refractivity contribution is 7.88. The summed E-state index contributed by atoms with van der Waals surface area (Å²) in [4.78, 5) is 4.19. The van der Waals surface area contributed by atoms with E-state index in [1.165, 1.54) is 4.31 Å². The maximum atomic E-state index is 12.7. The molecular formula is C15H19N3O3S. The van der Waals surface area contributed by atoms with E-state index >= 15 is 0 Å². The van der Waals surface area contributed by atoms with Crippen LogP contribution in [-0.4, -0.2) is 29.4 Å². The third kappa shape index (κ3) is 3.05. The van der Waals surface area contributed by atoms with Gasteiger partial charge in [-0.25, -0.2) is 8.42 Å². The third-order valence-corrected chi connectivity index (χ3v) is 5.67. The van der Waals surface area contributed by atoms with Gasteiger partial charge in [0, 0.05) is 6.54 Å². The average molecular weight is 321 g/mol. The minimum atomic E-state index is -3.41. The van der Waals surface area contributed by atoms with Crippen LogP contribution in [0.15, 0.2) is 28.8 Å². The maximum Gasteiger partial charge on any atom is 0.245 e. The van der Waals surface area contributed by atoms with Gasteiger partial charge >= 0.3 is 0 Å². The van der Waals surface area contributed by atoms with Crippen molar-refractivity contribution in [1.29, 1.82) is 0 Å². The van der Waals surface area contributed by atoms with E-state index in [1.807, 2.05) is 31.2 Å². The lowest BCUT2D eigenvalue weighted by Gasteiger charge is -2.21. The average Bonchev–Trinajstić information content (AvgIpc) is 3.06. The van der Waals surface area contributed by atoms with E-state index < -0.39 is 10.0 Å². The van der Waals surface area contributed by atoms with Crippen molar-refractivity contribution in [1.82, 2.24) is 14.4 Å². The van der Waals surface area contributed by atoms with Crippen LogP contribution in [-0.2, 0) is 15.8 Å². The number of nitrogens with zero attached hydrogens (tertiary/aromatic N) is 3. The molecule has 0 radical (unpaired) electrons. The van der Waals surface area contributed by atoms with Crippen LogP contribution < -0.4 is 0 Å². The van der Waals surface area contributed by atoms with E-state index in [2.05, 4.69) is 10.1 Å². The lowest BCUT2D eigenvalue weighted by atomic mass is 10.2. The van der Waals surface area contributed by atoms with Crippen molar-refractivity contribution < 1.29 is 12.9 Å². The first kappa shape index (κ1) is 15.2. The fourth-order valence-electron chi connectivity index (χ4n) is 2.86. The molecule has 1 aliphatic rings. The zero-order chi connectivity index (χ0) is 15.7. The first-order valence-corrected chi connectivity index (χ1v) is 8.92. The summed E-state index contributed by atoms with van der Waals surface area (Å²) in [6, 6.07) is 7.24. The number of benzene rings is 1. The van der Waals surface area contributed by atoms with Crippen LogP contribution >= 0.6 is 0 Å². The fraction of sp³-hybridized carbons (Fsp3) is 0.467. The lowest BCUT2D eigenvalue weighted by Crippen LogP contribution is -2.32. The minimum Gasteiger partial charge on any atom is -0.338 e. The SMILES string of the molecule is Cc1cccc(CS(=O)(=O)N2CCCC2c2nc(C)no2)c1. The molecule has 118 valence electrons. The predicted octanol–water partition coefficient (Wildman–Crippen LogP) is 2.35. The molecule has 0 amide bonds. The molecule has 0 saturated carbocycles. The van der Waals surface area contributed by atoms with Crippen molar-refractivity contribution in [2.24, 2.45) is 0 Å². The van der Waals surface area contributed by atoms with Gasteiger partial charge in [-0.15, -0.1) is 0 Å². The largest absolute Gasteiger partial charge is 0.338 e. The van der Waals surface area contributed by atoms with Crippen LogP contribution in [0.5, 0.6) is 0 Å². The van der Waals surface area contributed by atoms with E-state index in [-0.39, 0.29) is 11.8 Å². The normalized spacial score (nSPS) is 19.6. The van der Waals surface area contributed by atoms with Crippen molar-refractivity contribution in [2.75, 3.05) is 6.54 Å². The van der Waals surface area contributed by atoms with E-state index in [0.29, 0.717) is 24.7 Å². The molecule has 1 aliphatic heterocycles. The molecule has 1 saturated heterocycles. The molecule has 3 rings (SSSR count). The first-order valence-electron chi connectivity index (χ1n) is 7.31. The summed E-state index contributed by atoms with van der Waals surface area (Å²) in [6.07, 6.45) is 1.52. The summed E-state index contributed by atoms with van der Waals surface area (Å²) in [5.74, 6) is 0.916. The van der Waals surface area contributed by atoms with Gasteiger partial charge in [-0.3, -0.25) is 0 Å². The van der Waals surface area contributed by atoms with Gasteiger partial charge in [-0.2, -0.15) is 9.29 Å². The van der Waals surface area contributed by atoms with Gasteiger partial charge in [-0.05, 0) is 32.3 Å². The molecule has 1 unspecified atom stereocenters. The Hall–Kier alpha value is -1.73. The summed E-state index contributed by atoms with van der Waals surface area (Å²) < 4.78 is 32.2. The van der Waals surface area contributed by atoms with Gasteiger partial charge in [0.2, 0.25) is 15.9 Å². The summed E-state index contributed by atoms with van der Waals surface area (Å²) in [6.45, 7) is 4.18. The number of sulfonamides is 1. The number of rotatable bonds is 4. The molecule has 0 spiro atoms. The van der Waals surface area contributed by atoms with Gasteiger partial charge in [0.1, 0.15) is 6.04 Å². The van der Waals surface area contributed by atoms with Gasteiger partial charge in [-0.1, -0.05) is 35.0 Å². The monoisotopic (exact) mass is 321 g/mol. The summed E-state index contributed by atoms with van der Waals surface area (Å²) in [7, 11) is -3.41. The van der Waals surface area contributed by atoms with E-state index in [1.54, 1.807) is 6.92 Å². The Morgan fingerprint density at radius 3 is 2.86 bits per heavy atom. The molecular weight excluding hydrogens is 302 g/mol. The van der Waals surface area contributed by atoms with Gasteiger partial charge < -0.3 is 4.52 Å². The van der Waals surface area contributed by atoms with E-state index in [0.717, 1.165) is 17.5 Å². The Kier molecular flexibility index (Phi) is 4.01. The third-order valence-electron chi connectivity index (χ3n) is 3.82. The molecule has 0 bridgehead atoms. The highest BCUT2D eigenvalue weighted by atomic mass is 32.2. The van der Waals surface area contributed by atoms with Crippen molar-refractivity contribution in [2.45, 2.75) is 38.5 Å². The zero-order valence-electron chi connectivity index (χ0n) is 12.7. The lowest BCUT2D eigenvalue weighted by molar-refractivity contribution is 0.289. The number of hydrogen-bond acceptors (Lipinski definition) is 5. The smallest absolute Gasteiger partial charge is 0.245 e. The quantitative estimate of drug-likeness (QED) is 0.864. The molecule has 2 heterocycles. The van der Waals surface area contributed by atoms with E-state index in [9.17, 15) is 8.42 Å². The minimum absolute atomic E-state index is 0.00169. The van der Waals surface area contributed by atoms with Gasteiger partial charge in [0.25, 0.3) is 0 Å². The standard InChI is InChI=1S/C15H19N3O3S/c1-11-5-3-6-13(9-11)10-22(19,20)18-8-4-7-14(18)15-16-12(2)17-21-15/h3,5-6,9,14H,4,7-8,10H2,1-2H3. The number of aryl methyl sites for hydroxylation is 2. The fourth-order valence-corrected chi connectivity index (χ4v) is 4.62. The highest BCUT2D eigenvalue weighted by Gasteiger charge is 2.38. The van der Waals surface area contributed by atoms with Crippen molar-refractivity contribution >= 4 is 10.0 Å². The topological polar surface area (TPSA) is 76.3 Å². The Morgan fingerprint density at radius 1 is 1.36 bits per heavy atom. The molecule has 1 atom stereocenters. The van der Waals surface area contributed by atoms with Crippen LogP contribution in [0.25, 0.3) is 0 Å². The van der Waals surface area contributed by atoms with Crippen LogP contribution in [0.4, 0.5) is 0 Å². The molecule has 2 aromatic rings. The molecule has 6 nitrogen and oxygen atoms in total. The summed E-state index contributed by atoms with van der Waals surface area (Å²) in [5, 5.41) is 3.77. The molecule has 0 N–H and O–H groups in total. The summed E-state index contributed by atoms with van der Waals surface area (Å²) >= 11 is 0. The second-order valence-corrected chi connectivity index (χ2v) is 7.62. The number of aromatic nitrogens is 2.